The van der Waals surface area contributed by atoms with Crippen molar-refractivity contribution in [1.82, 2.24) is 0 Å². The third-order valence-electron chi connectivity index (χ3n) is 2.96. The van der Waals surface area contributed by atoms with Crippen molar-refractivity contribution < 1.29 is 0 Å². The van der Waals surface area contributed by atoms with Gasteiger partial charge in [-0.25, -0.2) is 0 Å². The molecule has 1 saturated heterocycles. The third kappa shape index (κ3) is 2.21. The monoisotopic (exact) mass is 281 g/mol. The Hall–Kier alpha value is -0.460. The second-order valence-electron chi connectivity index (χ2n) is 3.81. The van der Waals surface area contributed by atoms with Gasteiger partial charge in [-0.15, -0.1) is 0 Å². The van der Waals surface area contributed by atoms with Gasteiger partial charge in [-0.3, -0.25) is 0 Å². The molecular weight excluding hydrogens is 270 g/mol. The van der Waals surface area contributed by atoms with E-state index in [1.165, 1.54) is 5.56 Å². The largest absolute Gasteiger partial charge is 0.197 e. The molecule has 1 fully saturated rings. The molecule has 0 radical (unpaired) electrons. The van der Waals surface area contributed by atoms with Crippen LogP contribution < -0.4 is 0 Å². The molecule has 1 heterocycles. The minimum atomic E-state index is -0.230. The molecule has 0 N–H and O–H groups in total. The molecule has 0 atom stereocenters. The first-order chi connectivity index (χ1) is 7.27. The highest BCUT2D eigenvalue weighted by atomic mass is 79.9. The summed E-state index contributed by atoms with van der Waals surface area (Å²) in [4.78, 5) is 0. The number of thioether (sulfide) groups is 1. The SMILES string of the molecule is N#CC1(c2ccc(Br)cc2)CCSCC1. The van der Waals surface area contributed by atoms with Crippen molar-refractivity contribution in [3.05, 3.63) is 34.3 Å². The molecule has 0 unspecified atom stereocenters. The maximum absolute atomic E-state index is 9.39. The van der Waals surface area contributed by atoms with Gasteiger partial charge in [-0.2, -0.15) is 17.0 Å². The number of hydrogen-bond acceptors (Lipinski definition) is 2. The maximum Gasteiger partial charge on any atom is 0.0838 e. The Bertz CT molecular complexity index is 374. The second-order valence-corrected chi connectivity index (χ2v) is 5.95. The fourth-order valence-corrected chi connectivity index (χ4v) is 3.41. The van der Waals surface area contributed by atoms with Crippen LogP contribution in [0.5, 0.6) is 0 Å². The number of hydrogen-bond donors (Lipinski definition) is 0. The van der Waals surface area contributed by atoms with Gasteiger partial charge in [0.05, 0.1) is 11.5 Å². The summed E-state index contributed by atoms with van der Waals surface area (Å²) < 4.78 is 1.07. The van der Waals surface area contributed by atoms with Crippen molar-refractivity contribution in [3.8, 4) is 6.07 Å². The van der Waals surface area contributed by atoms with Gasteiger partial charge >= 0.3 is 0 Å². The molecule has 1 aliphatic rings. The van der Waals surface area contributed by atoms with E-state index < -0.39 is 0 Å². The summed E-state index contributed by atoms with van der Waals surface area (Å²) in [5.41, 5.74) is 0.944. The Morgan fingerprint density at radius 3 is 2.33 bits per heavy atom. The van der Waals surface area contributed by atoms with Gasteiger partial charge in [0.25, 0.3) is 0 Å². The van der Waals surface area contributed by atoms with E-state index in [4.69, 9.17) is 0 Å². The number of nitrogens with zero attached hydrogens (tertiary/aromatic N) is 1. The molecular formula is C12H12BrNS. The summed E-state index contributed by atoms with van der Waals surface area (Å²) in [5.74, 6) is 2.20. The topological polar surface area (TPSA) is 23.8 Å². The molecule has 3 heteroatoms. The van der Waals surface area contributed by atoms with Crippen molar-refractivity contribution in [3.63, 3.8) is 0 Å². The molecule has 0 aromatic heterocycles. The first kappa shape index (κ1) is 11.0. The lowest BCUT2D eigenvalue weighted by Gasteiger charge is -2.30. The van der Waals surface area contributed by atoms with E-state index in [1.807, 2.05) is 23.9 Å². The Morgan fingerprint density at radius 2 is 1.80 bits per heavy atom. The maximum atomic E-state index is 9.39. The number of nitriles is 1. The van der Waals surface area contributed by atoms with Crippen LogP contribution in [0, 0.1) is 11.3 Å². The van der Waals surface area contributed by atoms with Gasteiger partial charge < -0.3 is 0 Å². The third-order valence-corrected chi connectivity index (χ3v) is 4.47. The van der Waals surface area contributed by atoms with Crippen molar-refractivity contribution >= 4 is 27.7 Å². The highest BCUT2D eigenvalue weighted by Gasteiger charge is 2.33. The van der Waals surface area contributed by atoms with Gasteiger partial charge in [-0.1, -0.05) is 28.1 Å². The minimum absolute atomic E-state index is 0.230. The van der Waals surface area contributed by atoms with Gasteiger partial charge in [0.1, 0.15) is 0 Å². The number of benzene rings is 1. The van der Waals surface area contributed by atoms with Crippen molar-refractivity contribution in [2.45, 2.75) is 18.3 Å². The number of halogens is 1. The molecule has 15 heavy (non-hydrogen) atoms. The summed E-state index contributed by atoms with van der Waals surface area (Å²) >= 11 is 5.37. The van der Waals surface area contributed by atoms with Crippen LogP contribution in [0.15, 0.2) is 28.7 Å². The smallest absolute Gasteiger partial charge is 0.0838 e. The lowest BCUT2D eigenvalue weighted by atomic mass is 9.77. The van der Waals surface area contributed by atoms with E-state index in [0.29, 0.717) is 0 Å². The van der Waals surface area contributed by atoms with E-state index in [2.05, 4.69) is 34.1 Å². The van der Waals surface area contributed by atoms with Gasteiger partial charge in [0, 0.05) is 4.47 Å². The molecule has 1 aromatic carbocycles. The zero-order valence-corrected chi connectivity index (χ0v) is 10.8. The molecule has 0 saturated carbocycles. The van der Waals surface area contributed by atoms with E-state index in [1.54, 1.807) is 0 Å². The standard InChI is InChI=1S/C12H12BrNS/c13-11-3-1-10(2-4-11)12(9-14)5-7-15-8-6-12/h1-4H,5-8H2. The molecule has 2 rings (SSSR count). The van der Waals surface area contributed by atoms with Crippen LogP contribution in [0.3, 0.4) is 0 Å². The lowest BCUT2D eigenvalue weighted by Crippen LogP contribution is -2.29. The van der Waals surface area contributed by atoms with Crippen LogP contribution in [0.2, 0.25) is 0 Å². The predicted molar refractivity (Wildman–Crippen MR) is 68.0 cm³/mol. The van der Waals surface area contributed by atoms with Crippen LogP contribution >= 0.6 is 27.7 Å². The van der Waals surface area contributed by atoms with Gasteiger partial charge in [0.2, 0.25) is 0 Å². The second kappa shape index (κ2) is 4.59. The van der Waals surface area contributed by atoms with Crippen LogP contribution in [0.1, 0.15) is 18.4 Å². The summed E-state index contributed by atoms with van der Waals surface area (Å²) in [5, 5.41) is 9.39. The molecule has 1 nitrogen and oxygen atoms in total. The average molecular weight is 282 g/mol. The molecule has 0 aliphatic carbocycles. The van der Waals surface area contributed by atoms with Crippen molar-refractivity contribution in [2.24, 2.45) is 0 Å². The van der Waals surface area contributed by atoms with E-state index in [0.717, 1.165) is 28.8 Å². The Labute approximate surface area is 103 Å². The molecule has 0 spiro atoms. The Balaban J connectivity index is 2.33. The zero-order chi connectivity index (χ0) is 10.7. The first-order valence-electron chi connectivity index (χ1n) is 5.02. The Morgan fingerprint density at radius 1 is 1.20 bits per heavy atom. The fraction of sp³-hybridized carbons (Fsp3) is 0.417. The van der Waals surface area contributed by atoms with Crippen molar-refractivity contribution in [1.29, 1.82) is 5.26 Å². The quantitative estimate of drug-likeness (QED) is 0.783. The zero-order valence-electron chi connectivity index (χ0n) is 8.37. The summed E-state index contributed by atoms with van der Waals surface area (Å²) in [6.07, 6.45) is 1.96. The Kier molecular flexibility index (Phi) is 3.38. The summed E-state index contributed by atoms with van der Waals surface area (Å²) in [6.45, 7) is 0. The average Bonchev–Trinajstić information content (AvgIpc) is 2.31. The van der Waals surface area contributed by atoms with Crippen LogP contribution in [0.4, 0.5) is 0 Å². The fourth-order valence-electron chi connectivity index (χ4n) is 1.95. The van der Waals surface area contributed by atoms with E-state index >= 15 is 0 Å². The van der Waals surface area contributed by atoms with Crippen molar-refractivity contribution in [2.75, 3.05) is 11.5 Å². The highest BCUT2D eigenvalue weighted by molar-refractivity contribution is 9.10. The summed E-state index contributed by atoms with van der Waals surface area (Å²) in [6, 6.07) is 10.7. The van der Waals surface area contributed by atoms with Crippen LogP contribution in [-0.2, 0) is 5.41 Å². The predicted octanol–water partition coefficient (Wildman–Crippen LogP) is 3.74. The molecule has 78 valence electrons. The van der Waals surface area contributed by atoms with Crippen LogP contribution in [0.25, 0.3) is 0 Å². The molecule has 1 aliphatic heterocycles. The van der Waals surface area contributed by atoms with Crippen LogP contribution in [-0.4, -0.2) is 11.5 Å². The lowest BCUT2D eigenvalue weighted by molar-refractivity contribution is 0.508. The number of rotatable bonds is 1. The normalized spacial score (nSPS) is 19.5. The van der Waals surface area contributed by atoms with E-state index in [-0.39, 0.29) is 5.41 Å². The van der Waals surface area contributed by atoms with Gasteiger partial charge in [0.15, 0.2) is 0 Å². The molecule has 0 bridgehead atoms. The van der Waals surface area contributed by atoms with Gasteiger partial charge in [-0.05, 0) is 42.0 Å². The molecule has 1 aromatic rings. The van der Waals surface area contributed by atoms with E-state index in [9.17, 15) is 5.26 Å². The molecule has 0 amide bonds. The highest BCUT2D eigenvalue weighted by Crippen LogP contribution is 2.37. The minimum Gasteiger partial charge on any atom is -0.197 e. The summed E-state index contributed by atoms with van der Waals surface area (Å²) in [7, 11) is 0. The first-order valence-corrected chi connectivity index (χ1v) is 6.97.